The number of halogens is 4. The second-order valence-electron chi connectivity index (χ2n) is 4.08. The van der Waals surface area contributed by atoms with E-state index in [1.165, 1.54) is 0 Å². The first-order chi connectivity index (χ1) is 9.61. The van der Waals surface area contributed by atoms with Crippen LogP contribution in [0.25, 0.3) is 16.7 Å². The molecule has 102 valence electrons. The van der Waals surface area contributed by atoms with Crippen LogP contribution >= 0.6 is 46.4 Å². The normalized spacial score (nSPS) is 11.2. The summed E-state index contributed by atoms with van der Waals surface area (Å²) in [4.78, 5) is 8.48. The SMILES string of the molecule is ClCc1nc2cnccc2n1-c1cc(Cl)c(Cl)cc1Cl. The number of hydrogen-bond donors (Lipinski definition) is 0. The first-order valence-electron chi connectivity index (χ1n) is 5.64. The van der Waals surface area contributed by atoms with Gasteiger partial charge in [-0.25, -0.2) is 4.98 Å². The van der Waals surface area contributed by atoms with E-state index in [1.807, 2.05) is 10.6 Å². The molecular formula is C13H7Cl4N3. The monoisotopic (exact) mass is 345 g/mol. The molecule has 0 unspecified atom stereocenters. The van der Waals surface area contributed by atoms with Gasteiger partial charge >= 0.3 is 0 Å². The van der Waals surface area contributed by atoms with Gasteiger partial charge in [0, 0.05) is 6.20 Å². The van der Waals surface area contributed by atoms with E-state index in [-0.39, 0.29) is 5.88 Å². The smallest absolute Gasteiger partial charge is 0.129 e. The quantitative estimate of drug-likeness (QED) is 0.476. The van der Waals surface area contributed by atoms with Crippen LogP contribution in [0.3, 0.4) is 0 Å². The van der Waals surface area contributed by atoms with Gasteiger partial charge in [0.25, 0.3) is 0 Å². The summed E-state index contributed by atoms with van der Waals surface area (Å²) in [6, 6.07) is 5.15. The van der Waals surface area contributed by atoms with Crippen LogP contribution < -0.4 is 0 Å². The van der Waals surface area contributed by atoms with Crippen LogP contribution in [-0.4, -0.2) is 14.5 Å². The molecule has 1 aromatic carbocycles. The molecule has 20 heavy (non-hydrogen) atoms. The Kier molecular flexibility index (Phi) is 3.78. The molecule has 0 aliphatic rings. The van der Waals surface area contributed by atoms with Gasteiger partial charge in [0.15, 0.2) is 0 Å². The number of rotatable bonds is 2. The molecule has 2 aromatic heterocycles. The lowest BCUT2D eigenvalue weighted by molar-refractivity contribution is 0.982. The van der Waals surface area contributed by atoms with E-state index in [1.54, 1.807) is 24.5 Å². The molecule has 0 atom stereocenters. The van der Waals surface area contributed by atoms with Crippen LogP contribution in [0.15, 0.2) is 30.6 Å². The molecule has 0 aliphatic heterocycles. The fraction of sp³-hybridized carbons (Fsp3) is 0.0769. The first-order valence-corrected chi connectivity index (χ1v) is 7.31. The summed E-state index contributed by atoms with van der Waals surface area (Å²) in [6.07, 6.45) is 3.36. The average molecular weight is 347 g/mol. The zero-order valence-corrected chi connectivity index (χ0v) is 13.0. The number of imidazole rings is 1. The fourth-order valence-electron chi connectivity index (χ4n) is 2.02. The molecule has 2 heterocycles. The lowest BCUT2D eigenvalue weighted by Gasteiger charge is -2.11. The summed E-state index contributed by atoms with van der Waals surface area (Å²) in [5.41, 5.74) is 2.28. The zero-order chi connectivity index (χ0) is 14.3. The van der Waals surface area contributed by atoms with Gasteiger partial charge in [-0.15, -0.1) is 11.6 Å². The second-order valence-corrected chi connectivity index (χ2v) is 5.57. The molecular weight excluding hydrogens is 340 g/mol. The second kappa shape index (κ2) is 5.41. The van der Waals surface area contributed by atoms with Crippen LogP contribution in [0.2, 0.25) is 15.1 Å². The van der Waals surface area contributed by atoms with Crippen molar-refractivity contribution >= 4 is 57.4 Å². The van der Waals surface area contributed by atoms with Gasteiger partial charge in [-0.3, -0.25) is 9.55 Å². The number of aromatic nitrogens is 3. The van der Waals surface area contributed by atoms with E-state index < -0.39 is 0 Å². The summed E-state index contributed by atoms with van der Waals surface area (Å²) in [7, 11) is 0. The Morgan fingerprint density at radius 2 is 1.80 bits per heavy atom. The van der Waals surface area contributed by atoms with E-state index in [4.69, 9.17) is 46.4 Å². The number of alkyl halides is 1. The van der Waals surface area contributed by atoms with Gasteiger partial charge in [-0.05, 0) is 18.2 Å². The van der Waals surface area contributed by atoms with E-state index in [2.05, 4.69) is 9.97 Å². The van der Waals surface area contributed by atoms with Crippen molar-refractivity contribution in [3.63, 3.8) is 0 Å². The van der Waals surface area contributed by atoms with E-state index in [0.717, 1.165) is 11.0 Å². The molecule has 0 saturated carbocycles. The minimum Gasteiger partial charge on any atom is -0.294 e. The Morgan fingerprint density at radius 3 is 2.55 bits per heavy atom. The molecule has 0 amide bonds. The van der Waals surface area contributed by atoms with Gasteiger partial charge < -0.3 is 0 Å². The van der Waals surface area contributed by atoms with Crippen molar-refractivity contribution < 1.29 is 0 Å². The fourth-order valence-corrected chi connectivity index (χ4v) is 2.83. The van der Waals surface area contributed by atoms with Crippen molar-refractivity contribution in [2.24, 2.45) is 0 Å². The van der Waals surface area contributed by atoms with E-state index >= 15 is 0 Å². The predicted molar refractivity (Wildman–Crippen MR) is 83.5 cm³/mol. The van der Waals surface area contributed by atoms with E-state index in [0.29, 0.717) is 26.6 Å². The third-order valence-electron chi connectivity index (χ3n) is 2.88. The van der Waals surface area contributed by atoms with Gasteiger partial charge in [-0.2, -0.15) is 0 Å². The Labute approximate surface area is 135 Å². The van der Waals surface area contributed by atoms with Crippen LogP contribution in [0, 0.1) is 0 Å². The molecule has 0 spiro atoms. The highest BCUT2D eigenvalue weighted by molar-refractivity contribution is 6.43. The number of nitrogens with zero attached hydrogens (tertiary/aromatic N) is 3. The Hall–Kier alpha value is -1.000. The van der Waals surface area contributed by atoms with Crippen LogP contribution in [0.1, 0.15) is 5.82 Å². The number of fused-ring (bicyclic) bond motifs is 1. The summed E-state index contributed by atoms with van der Waals surface area (Å²) < 4.78 is 1.86. The average Bonchev–Trinajstić information content (AvgIpc) is 2.81. The molecule has 0 fully saturated rings. The molecule has 0 radical (unpaired) electrons. The van der Waals surface area contributed by atoms with Crippen LogP contribution in [0.4, 0.5) is 0 Å². The van der Waals surface area contributed by atoms with Crippen LogP contribution in [-0.2, 0) is 5.88 Å². The van der Waals surface area contributed by atoms with Gasteiger partial charge in [-0.1, -0.05) is 34.8 Å². The molecule has 3 rings (SSSR count). The van der Waals surface area contributed by atoms with Crippen molar-refractivity contribution in [2.75, 3.05) is 0 Å². The van der Waals surface area contributed by atoms with Crippen molar-refractivity contribution in [3.05, 3.63) is 51.5 Å². The summed E-state index contributed by atoms with van der Waals surface area (Å²) in [6.45, 7) is 0. The van der Waals surface area contributed by atoms with Crippen molar-refractivity contribution in [2.45, 2.75) is 5.88 Å². The van der Waals surface area contributed by atoms with E-state index in [9.17, 15) is 0 Å². The molecule has 3 aromatic rings. The first kappa shape index (κ1) is 14.0. The maximum atomic E-state index is 6.27. The molecule has 0 bridgehead atoms. The van der Waals surface area contributed by atoms with Crippen LogP contribution in [0.5, 0.6) is 0 Å². The molecule has 0 saturated heterocycles. The maximum Gasteiger partial charge on any atom is 0.129 e. The third kappa shape index (κ3) is 2.25. The standard InChI is InChI=1S/C13H7Cl4N3/c14-5-13-19-10-6-18-2-1-11(10)20(13)12-4-8(16)7(15)3-9(12)17/h1-4,6H,5H2. The van der Waals surface area contributed by atoms with Gasteiger partial charge in [0.05, 0.1) is 38.3 Å². The molecule has 0 aliphatic carbocycles. The van der Waals surface area contributed by atoms with Crippen molar-refractivity contribution in [1.82, 2.24) is 14.5 Å². The van der Waals surface area contributed by atoms with Crippen molar-refractivity contribution in [1.29, 1.82) is 0 Å². The Morgan fingerprint density at radius 1 is 1.05 bits per heavy atom. The topological polar surface area (TPSA) is 30.7 Å². The highest BCUT2D eigenvalue weighted by Crippen LogP contribution is 2.33. The largest absolute Gasteiger partial charge is 0.294 e. The minimum absolute atomic E-state index is 0.241. The Balaban J connectivity index is 2.36. The highest BCUT2D eigenvalue weighted by Gasteiger charge is 2.15. The summed E-state index contributed by atoms with van der Waals surface area (Å²) >= 11 is 24.3. The third-order valence-corrected chi connectivity index (χ3v) is 4.14. The highest BCUT2D eigenvalue weighted by atomic mass is 35.5. The number of pyridine rings is 1. The summed E-state index contributed by atoms with van der Waals surface area (Å²) in [5, 5.41) is 1.29. The summed E-state index contributed by atoms with van der Waals surface area (Å²) in [5.74, 6) is 0.903. The number of benzene rings is 1. The minimum atomic E-state index is 0.241. The molecule has 7 heteroatoms. The number of hydrogen-bond acceptors (Lipinski definition) is 2. The lowest BCUT2D eigenvalue weighted by Crippen LogP contribution is -2.00. The zero-order valence-electron chi connectivity index (χ0n) is 9.95. The predicted octanol–water partition coefficient (Wildman–Crippen LogP) is 5.12. The lowest BCUT2D eigenvalue weighted by atomic mass is 10.3. The van der Waals surface area contributed by atoms with Gasteiger partial charge in [0.1, 0.15) is 11.3 Å². The Bertz CT molecular complexity index is 798. The van der Waals surface area contributed by atoms with Gasteiger partial charge in [0.2, 0.25) is 0 Å². The molecule has 0 N–H and O–H groups in total. The van der Waals surface area contributed by atoms with Crippen molar-refractivity contribution in [3.8, 4) is 5.69 Å². The molecule has 3 nitrogen and oxygen atoms in total. The maximum absolute atomic E-state index is 6.27.